The zero-order valence-corrected chi connectivity index (χ0v) is 17.6. The summed E-state index contributed by atoms with van der Waals surface area (Å²) in [5.74, 6) is -0.785. The van der Waals surface area contributed by atoms with Crippen molar-refractivity contribution in [3.8, 4) is 11.3 Å². The molecule has 0 bridgehead atoms. The van der Waals surface area contributed by atoms with Crippen molar-refractivity contribution in [2.24, 2.45) is 0 Å². The Morgan fingerprint density at radius 2 is 2.07 bits per heavy atom. The van der Waals surface area contributed by atoms with Crippen LogP contribution in [0.1, 0.15) is 31.4 Å². The Kier molecular flexibility index (Phi) is 7.10. The molecule has 0 atom stereocenters. The van der Waals surface area contributed by atoms with Crippen LogP contribution in [0.25, 0.3) is 17.4 Å². The maximum atomic E-state index is 14.1. The largest absolute Gasteiger partial charge is 0.481 e. The number of amides is 1. The number of carbonyl (C=O) groups is 2. The smallest absolute Gasteiger partial charge is 0.303 e. The number of carboxylic acids is 1. The number of aliphatic carboxylic acids is 1. The minimum Gasteiger partial charge on any atom is -0.481 e. The van der Waals surface area contributed by atoms with Crippen molar-refractivity contribution in [1.29, 1.82) is 0 Å². The van der Waals surface area contributed by atoms with E-state index in [2.05, 4.69) is 0 Å². The summed E-state index contributed by atoms with van der Waals surface area (Å²) in [6, 6.07) is 7.59. The molecule has 1 aliphatic heterocycles. The fraction of sp³-hybridized carbons (Fsp3) is 0.250. The second-order valence-corrected chi connectivity index (χ2v) is 8.48. The van der Waals surface area contributed by atoms with Crippen LogP contribution in [0, 0.1) is 5.82 Å². The number of halogens is 2. The third-order valence-corrected chi connectivity index (χ3v) is 5.86. The highest BCUT2D eigenvalue weighted by molar-refractivity contribution is 8.26. The Labute approximate surface area is 181 Å². The fourth-order valence-electron chi connectivity index (χ4n) is 2.81. The third-order valence-electron chi connectivity index (χ3n) is 4.24. The van der Waals surface area contributed by atoms with Crippen LogP contribution in [0.5, 0.6) is 0 Å². The molecule has 1 amide bonds. The van der Waals surface area contributed by atoms with Gasteiger partial charge in [0.2, 0.25) is 0 Å². The highest BCUT2D eigenvalue weighted by atomic mass is 35.5. The molecular formula is C20H17ClFNO4S2. The van der Waals surface area contributed by atoms with Crippen LogP contribution < -0.4 is 0 Å². The van der Waals surface area contributed by atoms with E-state index in [4.69, 9.17) is 33.3 Å². The molecule has 1 aliphatic rings. The van der Waals surface area contributed by atoms with Gasteiger partial charge in [-0.15, -0.1) is 0 Å². The number of hydrogen-bond donors (Lipinski definition) is 1. The number of thioether (sulfide) groups is 1. The first-order chi connectivity index (χ1) is 13.8. The predicted octanol–water partition coefficient (Wildman–Crippen LogP) is 5.59. The SMILES string of the molecule is O=C(O)CCCCCN1C(=O)/C(=C/c2ccc(-c3ccc(Cl)cc3F)o2)SC1=S. The summed E-state index contributed by atoms with van der Waals surface area (Å²) in [5, 5.41) is 8.95. The summed E-state index contributed by atoms with van der Waals surface area (Å²) < 4.78 is 20.2. The van der Waals surface area contributed by atoms with Crippen molar-refractivity contribution in [2.75, 3.05) is 6.54 Å². The van der Waals surface area contributed by atoms with E-state index < -0.39 is 11.8 Å². The standard InChI is InChI=1S/C20H17ClFNO4S2/c21-12-5-7-14(15(22)10-12)16-8-6-13(27-16)11-17-19(26)23(20(28)29-17)9-3-1-2-4-18(24)25/h5-8,10-11H,1-4,9H2,(H,24,25)/b17-11-. The molecule has 0 unspecified atom stereocenters. The number of furan rings is 1. The lowest BCUT2D eigenvalue weighted by Gasteiger charge is -2.13. The van der Waals surface area contributed by atoms with Gasteiger partial charge in [-0.25, -0.2) is 4.39 Å². The predicted molar refractivity (Wildman–Crippen MR) is 115 cm³/mol. The second-order valence-electron chi connectivity index (χ2n) is 6.36. The van der Waals surface area contributed by atoms with E-state index in [0.29, 0.717) is 51.6 Å². The molecule has 0 spiro atoms. The highest BCUT2D eigenvalue weighted by Gasteiger charge is 2.31. The molecule has 1 aromatic heterocycles. The van der Waals surface area contributed by atoms with Gasteiger partial charge in [0.15, 0.2) is 0 Å². The average Bonchev–Trinajstić information content (AvgIpc) is 3.21. The van der Waals surface area contributed by atoms with Crippen LogP contribution in [0.2, 0.25) is 5.02 Å². The highest BCUT2D eigenvalue weighted by Crippen LogP contribution is 2.34. The average molecular weight is 454 g/mol. The molecule has 5 nitrogen and oxygen atoms in total. The monoisotopic (exact) mass is 453 g/mol. The molecule has 0 aliphatic carbocycles. The Morgan fingerprint density at radius 3 is 2.79 bits per heavy atom. The molecule has 29 heavy (non-hydrogen) atoms. The third kappa shape index (κ3) is 5.46. The molecule has 1 fully saturated rings. The van der Waals surface area contributed by atoms with Gasteiger partial charge in [0.25, 0.3) is 5.91 Å². The topological polar surface area (TPSA) is 70.8 Å². The van der Waals surface area contributed by atoms with Crippen molar-refractivity contribution in [3.05, 3.63) is 51.8 Å². The lowest BCUT2D eigenvalue weighted by Crippen LogP contribution is -2.29. The van der Waals surface area contributed by atoms with Gasteiger partial charge >= 0.3 is 5.97 Å². The number of rotatable bonds is 8. The minimum absolute atomic E-state index is 0.118. The van der Waals surface area contributed by atoms with Gasteiger partial charge in [-0.3, -0.25) is 14.5 Å². The number of carboxylic acid groups (broad SMARTS) is 1. The van der Waals surface area contributed by atoms with E-state index in [0.717, 1.165) is 0 Å². The van der Waals surface area contributed by atoms with Crippen LogP contribution >= 0.6 is 35.6 Å². The van der Waals surface area contributed by atoms with Crippen molar-refractivity contribution in [3.63, 3.8) is 0 Å². The maximum absolute atomic E-state index is 14.1. The number of hydrogen-bond acceptors (Lipinski definition) is 5. The van der Waals surface area contributed by atoms with Gasteiger partial charge in [0.1, 0.15) is 21.7 Å². The van der Waals surface area contributed by atoms with Crippen molar-refractivity contribution in [1.82, 2.24) is 4.90 Å². The van der Waals surface area contributed by atoms with E-state index in [-0.39, 0.29) is 17.9 Å². The first-order valence-electron chi connectivity index (χ1n) is 8.87. The minimum atomic E-state index is -0.824. The van der Waals surface area contributed by atoms with E-state index >= 15 is 0 Å². The van der Waals surface area contributed by atoms with Crippen molar-refractivity contribution < 1.29 is 23.5 Å². The Morgan fingerprint density at radius 1 is 1.28 bits per heavy atom. The van der Waals surface area contributed by atoms with Crippen LogP contribution in [-0.2, 0) is 9.59 Å². The molecule has 152 valence electrons. The van der Waals surface area contributed by atoms with Crippen LogP contribution in [0.15, 0.2) is 39.7 Å². The molecule has 2 heterocycles. The van der Waals surface area contributed by atoms with E-state index in [9.17, 15) is 14.0 Å². The Bertz CT molecular complexity index is 989. The molecule has 9 heteroatoms. The fourth-order valence-corrected chi connectivity index (χ4v) is 4.26. The molecule has 1 saturated heterocycles. The number of nitrogens with zero attached hydrogens (tertiary/aromatic N) is 1. The number of benzene rings is 1. The van der Waals surface area contributed by atoms with Gasteiger partial charge in [0, 0.05) is 24.1 Å². The number of carbonyl (C=O) groups excluding carboxylic acids is 1. The maximum Gasteiger partial charge on any atom is 0.303 e. The number of unbranched alkanes of at least 4 members (excludes halogenated alkanes) is 2. The van der Waals surface area contributed by atoms with Gasteiger partial charge in [-0.1, -0.05) is 42.0 Å². The molecule has 0 saturated carbocycles. The van der Waals surface area contributed by atoms with E-state index in [1.807, 2.05) is 0 Å². The van der Waals surface area contributed by atoms with Crippen LogP contribution in [0.4, 0.5) is 4.39 Å². The van der Waals surface area contributed by atoms with Gasteiger partial charge in [-0.05, 0) is 43.2 Å². The second kappa shape index (κ2) is 9.56. The van der Waals surface area contributed by atoms with Crippen LogP contribution in [-0.4, -0.2) is 32.7 Å². The lowest BCUT2D eigenvalue weighted by molar-refractivity contribution is -0.137. The summed E-state index contributed by atoms with van der Waals surface area (Å²) >= 11 is 12.2. The molecule has 1 aromatic carbocycles. The van der Waals surface area contributed by atoms with Crippen molar-refractivity contribution in [2.45, 2.75) is 25.7 Å². The van der Waals surface area contributed by atoms with E-state index in [1.54, 1.807) is 24.3 Å². The molecule has 0 radical (unpaired) electrons. The Balaban J connectivity index is 1.65. The Hall–Kier alpha value is -2.16. The normalized spacial score (nSPS) is 15.5. The summed E-state index contributed by atoms with van der Waals surface area (Å²) in [5.41, 5.74) is 0.281. The quantitative estimate of drug-likeness (QED) is 0.319. The summed E-state index contributed by atoms with van der Waals surface area (Å²) in [7, 11) is 0. The first-order valence-corrected chi connectivity index (χ1v) is 10.5. The zero-order valence-electron chi connectivity index (χ0n) is 15.2. The van der Waals surface area contributed by atoms with E-state index in [1.165, 1.54) is 28.8 Å². The van der Waals surface area contributed by atoms with Gasteiger partial charge in [-0.2, -0.15) is 0 Å². The molecule has 2 aromatic rings. The summed E-state index contributed by atoms with van der Waals surface area (Å²) in [6.45, 7) is 0.445. The van der Waals surface area contributed by atoms with Gasteiger partial charge < -0.3 is 9.52 Å². The number of thiocarbonyl (C=S) groups is 1. The molecular weight excluding hydrogens is 437 g/mol. The summed E-state index contributed by atoms with van der Waals surface area (Å²) in [4.78, 5) is 25.1. The lowest BCUT2D eigenvalue weighted by atomic mass is 10.1. The first kappa shape index (κ1) is 21.5. The summed E-state index contributed by atoms with van der Waals surface area (Å²) in [6.07, 6.45) is 3.65. The van der Waals surface area contributed by atoms with Crippen LogP contribution in [0.3, 0.4) is 0 Å². The zero-order chi connectivity index (χ0) is 21.0. The molecule has 3 rings (SSSR count). The van der Waals surface area contributed by atoms with Crippen molar-refractivity contribution >= 4 is 57.9 Å². The van der Waals surface area contributed by atoms with Gasteiger partial charge in [0.05, 0.1) is 10.5 Å². The molecule has 1 N–H and O–H groups in total.